The first kappa shape index (κ1) is 22.6. The molecule has 0 saturated heterocycles. The molecule has 0 radical (unpaired) electrons. The molecule has 5 rings (SSSR count). The van der Waals surface area contributed by atoms with Crippen LogP contribution in [0.2, 0.25) is 0 Å². The number of hydrogen-bond donors (Lipinski definition) is 1. The van der Waals surface area contributed by atoms with Crippen molar-refractivity contribution >= 4 is 39.2 Å². The van der Waals surface area contributed by atoms with E-state index in [0.29, 0.717) is 47.9 Å². The zero-order valence-corrected chi connectivity index (χ0v) is 19.9. The SMILES string of the molecule is CCOC(=O)N1CCc2c(sc(NC(=O)c3cc(-c4ccccc4)nc4ccccc34)c2C#N)C1. The van der Waals surface area contributed by atoms with Gasteiger partial charge in [-0.15, -0.1) is 11.3 Å². The lowest BCUT2D eigenvalue weighted by Gasteiger charge is -2.25. The third-order valence-corrected chi connectivity index (χ3v) is 7.08. The lowest BCUT2D eigenvalue weighted by molar-refractivity contribution is 0.102. The molecule has 174 valence electrons. The van der Waals surface area contributed by atoms with E-state index in [1.165, 1.54) is 11.3 Å². The number of para-hydroxylation sites is 1. The van der Waals surface area contributed by atoms with Crippen LogP contribution in [0.4, 0.5) is 9.80 Å². The monoisotopic (exact) mass is 482 g/mol. The summed E-state index contributed by atoms with van der Waals surface area (Å²) < 4.78 is 5.12. The van der Waals surface area contributed by atoms with E-state index < -0.39 is 0 Å². The van der Waals surface area contributed by atoms with Gasteiger partial charge >= 0.3 is 6.09 Å². The highest BCUT2D eigenvalue weighted by Crippen LogP contribution is 2.37. The van der Waals surface area contributed by atoms with Crippen LogP contribution in [0.3, 0.4) is 0 Å². The number of nitrogens with zero attached hydrogens (tertiary/aromatic N) is 3. The molecule has 7 nitrogen and oxygen atoms in total. The van der Waals surface area contributed by atoms with Gasteiger partial charge in [0.15, 0.2) is 0 Å². The van der Waals surface area contributed by atoms with Gasteiger partial charge in [-0.3, -0.25) is 4.79 Å². The number of ether oxygens (including phenoxy) is 1. The fourth-order valence-corrected chi connectivity index (χ4v) is 5.48. The van der Waals surface area contributed by atoms with Crippen LogP contribution in [0.5, 0.6) is 0 Å². The molecule has 0 atom stereocenters. The van der Waals surface area contributed by atoms with Gasteiger partial charge < -0.3 is 15.0 Å². The van der Waals surface area contributed by atoms with Gasteiger partial charge in [0.2, 0.25) is 0 Å². The Hall–Kier alpha value is -4.22. The van der Waals surface area contributed by atoms with Crippen molar-refractivity contribution in [2.45, 2.75) is 19.9 Å². The number of carbonyl (C=O) groups is 2. The van der Waals surface area contributed by atoms with E-state index in [2.05, 4.69) is 11.4 Å². The number of anilines is 1. The maximum absolute atomic E-state index is 13.5. The number of thiophene rings is 1. The average Bonchev–Trinajstić information content (AvgIpc) is 3.24. The van der Waals surface area contributed by atoms with Crippen LogP contribution < -0.4 is 5.32 Å². The van der Waals surface area contributed by atoms with Gasteiger partial charge in [0.25, 0.3) is 5.91 Å². The normalized spacial score (nSPS) is 12.6. The van der Waals surface area contributed by atoms with Crippen molar-refractivity contribution in [2.24, 2.45) is 0 Å². The van der Waals surface area contributed by atoms with E-state index >= 15 is 0 Å². The number of fused-ring (bicyclic) bond motifs is 2. The lowest BCUT2D eigenvalue weighted by Crippen LogP contribution is -2.35. The van der Waals surface area contributed by atoms with Crippen LogP contribution >= 0.6 is 11.3 Å². The summed E-state index contributed by atoms with van der Waals surface area (Å²) in [4.78, 5) is 33.0. The summed E-state index contributed by atoms with van der Waals surface area (Å²) in [7, 11) is 0. The summed E-state index contributed by atoms with van der Waals surface area (Å²) in [6.45, 7) is 2.91. The molecule has 2 amide bonds. The minimum absolute atomic E-state index is 0.307. The number of pyridine rings is 1. The minimum Gasteiger partial charge on any atom is -0.450 e. The molecular weight excluding hydrogens is 460 g/mol. The Kier molecular flexibility index (Phi) is 6.17. The summed E-state index contributed by atoms with van der Waals surface area (Å²) >= 11 is 1.34. The summed E-state index contributed by atoms with van der Waals surface area (Å²) in [5, 5.41) is 14.1. The van der Waals surface area contributed by atoms with E-state index in [9.17, 15) is 14.9 Å². The van der Waals surface area contributed by atoms with Crippen molar-refractivity contribution in [3.63, 3.8) is 0 Å². The van der Waals surface area contributed by atoms with E-state index in [4.69, 9.17) is 9.72 Å². The van der Waals surface area contributed by atoms with Crippen LogP contribution in [-0.2, 0) is 17.7 Å². The lowest BCUT2D eigenvalue weighted by atomic mass is 10.0. The number of amides is 2. The Morgan fingerprint density at radius 1 is 1.17 bits per heavy atom. The molecule has 2 aromatic heterocycles. The zero-order valence-electron chi connectivity index (χ0n) is 19.1. The minimum atomic E-state index is -0.368. The third kappa shape index (κ3) is 4.34. The molecular formula is C27H22N4O3S. The van der Waals surface area contributed by atoms with Gasteiger partial charge in [-0.1, -0.05) is 48.5 Å². The molecule has 8 heteroatoms. The number of carbonyl (C=O) groups excluding carboxylic acids is 2. The Labute approximate surface area is 206 Å². The molecule has 2 aromatic carbocycles. The molecule has 0 fully saturated rings. The molecule has 3 heterocycles. The highest BCUT2D eigenvalue weighted by molar-refractivity contribution is 7.16. The maximum Gasteiger partial charge on any atom is 0.410 e. The number of nitriles is 1. The average molecular weight is 483 g/mol. The molecule has 0 saturated carbocycles. The Bertz CT molecular complexity index is 1470. The second kappa shape index (κ2) is 9.57. The Morgan fingerprint density at radius 3 is 2.71 bits per heavy atom. The van der Waals surface area contributed by atoms with Gasteiger partial charge in [-0.25, -0.2) is 9.78 Å². The molecule has 1 aliphatic heterocycles. The summed E-state index contributed by atoms with van der Waals surface area (Å²) in [6.07, 6.45) is 0.173. The number of benzene rings is 2. The molecule has 0 spiro atoms. The maximum atomic E-state index is 13.5. The fourth-order valence-electron chi connectivity index (χ4n) is 4.27. The molecule has 1 N–H and O–H groups in total. The summed E-state index contributed by atoms with van der Waals surface area (Å²) in [6, 6.07) is 21.3. The highest BCUT2D eigenvalue weighted by atomic mass is 32.1. The first-order valence-corrected chi connectivity index (χ1v) is 12.1. The van der Waals surface area contributed by atoms with Crippen molar-refractivity contribution in [1.29, 1.82) is 5.26 Å². The van der Waals surface area contributed by atoms with Crippen molar-refractivity contribution in [1.82, 2.24) is 9.88 Å². The second-order valence-electron chi connectivity index (χ2n) is 8.08. The quantitative estimate of drug-likeness (QED) is 0.408. The molecule has 0 unspecified atom stereocenters. The topological polar surface area (TPSA) is 95.3 Å². The van der Waals surface area contributed by atoms with E-state index in [-0.39, 0.29) is 12.0 Å². The highest BCUT2D eigenvalue weighted by Gasteiger charge is 2.28. The molecule has 35 heavy (non-hydrogen) atoms. The van der Waals surface area contributed by atoms with Gasteiger partial charge in [-0.2, -0.15) is 5.26 Å². The standard InChI is InChI=1S/C27H22N4O3S/c1-2-34-27(33)31-13-12-19-21(15-28)26(35-24(19)16-31)30-25(32)20-14-23(17-8-4-3-5-9-17)29-22-11-7-6-10-18(20)22/h3-11,14H,2,12-13,16H2,1H3,(H,30,32). The predicted octanol–water partition coefficient (Wildman–Crippen LogP) is 5.60. The first-order valence-electron chi connectivity index (χ1n) is 11.3. The number of aromatic nitrogens is 1. The van der Waals surface area contributed by atoms with Gasteiger partial charge in [0, 0.05) is 22.4 Å². The summed E-state index contributed by atoms with van der Waals surface area (Å²) in [5.74, 6) is -0.307. The Morgan fingerprint density at radius 2 is 1.94 bits per heavy atom. The molecule has 0 bridgehead atoms. The fraction of sp³-hybridized carbons (Fsp3) is 0.185. The molecule has 0 aliphatic carbocycles. The van der Waals surface area contributed by atoms with E-state index in [1.807, 2.05) is 54.6 Å². The number of nitrogens with one attached hydrogen (secondary N) is 1. The van der Waals surface area contributed by atoms with E-state index in [0.717, 1.165) is 26.9 Å². The van der Waals surface area contributed by atoms with Crippen LogP contribution in [0.25, 0.3) is 22.2 Å². The first-order chi connectivity index (χ1) is 17.1. The van der Waals surface area contributed by atoms with Crippen LogP contribution in [-0.4, -0.2) is 35.0 Å². The van der Waals surface area contributed by atoms with Crippen molar-refractivity contribution in [3.8, 4) is 17.3 Å². The van der Waals surface area contributed by atoms with Crippen LogP contribution in [0.1, 0.15) is 33.3 Å². The third-order valence-electron chi connectivity index (χ3n) is 5.95. The van der Waals surface area contributed by atoms with Crippen LogP contribution in [0.15, 0.2) is 60.7 Å². The van der Waals surface area contributed by atoms with Gasteiger partial charge in [0.05, 0.1) is 35.5 Å². The van der Waals surface area contributed by atoms with Crippen molar-refractivity contribution in [2.75, 3.05) is 18.5 Å². The number of hydrogen-bond acceptors (Lipinski definition) is 6. The predicted molar refractivity (Wildman–Crippen MR) is 135 cm³/mol. The number of rotatable bonds is 4. The van der Waals surface area contributed by atoms with Gasteiger partial charge in [-0.05, 0) is 31.0 Å². The Balaban J connectivity index is 1.50. The second-order valence-corrected chi connectivity index (χ2v) is 9.19. The zero-order chi connectivity index (χ0) is 24.4. The molecule has 1 aliphatic rings. The largest absolute Gasteiger partial charge is 0.450 e. The van der Waals surface area contributed by atoms with E-state index in [1.54, 1.807) is 17.9 Å². The smallest absolute Gasteiger partial charge is 0.410 e. The van der Waals surface area contributed by atoms with Gasteiger partial charge in [0.1, 0.15) is 11.1 Å². The van der Waals surface area contributed by atoms with Crippen molar-refractivity contribution < 1.29 is 14.3 Å². The molecule has 4 aromatic rings. The van der Waals surface area contributed by atoms with Crippen LogP contribution in [0, 0.1) is 11.3 Å². The van der Waals surface area contributed by atoms with Crippen molar-refractivity contribution in [3.05, 3.63) is 82.2 Å². The summed E-state index contributed by atoms with van der Waals surface area (Å²) in [5.41, 5.74) is 4.16.